The summed E-state index contributed by atoms with van der Waals surface area (Å²) in [6.45, 7) is 2.45. The summed E-state index contributed by atoms with van der Waals surface area (Å²) >= 11 is 0. The number of piperazine rings is 1. The molecule has 8 heteroatoms. The van der Waals surface area contributed by atoms with E-state index in [1.54, 1.807) is 24.3 Å². The van der Waals surface area contributed by atoms with E-state index in [0.29, 0.717) is 36.8 Å². The van der Waals surface area contributed by atoms with Crippen molar-refractivity contribution >= 4 is 29.3 Å². The van der Waals surface area contributed by atoms with Gasteiger partial charge in [0.05, 0.1) is 6.54 Å². The van der Waals surface area contributed by atoms with Gasteiger partial charge in [0.2, 0.25) is 11.8 Å². The molecule has 0 aromatic heterocycles. The molecular formula is C27H30N4O4. The van der Waals surface area contributed by atoms with Gasteiger partial charge in [-0.25, -0.2) is 0 Å². The molecule has 0 spiro atoms. The lowest BCUT2D eigenvalue weighted by Gasteiger charge is -2.30. The Balaban J connectivity index is 1.09. The summed E-state index contributed by atoms with van der Waals surface area (Å²) in [5, 5.41) is 5.69. The Kier molecular flexibility index (Phi) is 6.53. The van der Waals surface area contributed by atoms with Gasteiger partial charge in [0, 0.05) is 48.9 Å². The monoisotopic (exact) mass is 474 g/mol. The summed E-state index contributed by atoms with van der Waals surface area (Å²) in [4.78, 5) is 53.1. The maximum atomic E-state index is 12.8. The van der Waals surface area contributed by atoms with Crippen LogP contribution in [0.3, 0.4) is 0 Å². The molecule has 2 aromatic rings. The first-order valence-electron chi connectivity index (χ1n) is 12.3. The van der Waals surface area contributed by atoms with Crippen LogP contribution in [0.1, 0.15) is 52.0 Å². The number of nitrogens with one attached hydrogen (secondary N) is 2. The minimum atomic E-state index is -0.185. The summed E-state index contributed by atoms with van der Waals surface area (Å²) in [6.07, 6.45) is 3.46. The molecule has 1 saturated heterocycles. The van der Waals surface area contributed by atoms with Gasteiger partial charge in [0.15, 0.2) is 0 Å². The SMILES string of the molecule is O=C1CN(C(=O)c2ccc(NC(=O)C3CCC(CN4Cc5ccccc5C4=O)CC3)cc2)CCN1. The molecule has 8 nitrogen and oxygen atoms in total. The highest BCUT2D eigenvalue weighted by molar-refractivity contribution is 5.99. The molecule has 2 fully saturated rings. The first kappa shape index (κ1) is 23.1. The quantitative estimate of drug-likeness (QED) is 0.696. The predicted octanol–water partition coefficient (Wildman–Crippen LogP) is 2.66. The zero-order valence-corrected chi connectivity index (χ0v) is 19.7. The van der Waals surface area contributed by atoms with Gasteiger partial charge in [0.1, 0.15) is 0 Å². The van der Waals surface area contributed by atoms with Gasteiger partial charge < -0.3 is 20.4 Å². The smallest absolute Gasteiger partial charge is 0.254 e. The van der Waals surface area contributed by atoms with Gasteiger partial charge >= 0.3 is 0 Å². The lowest BCUT2D eigenvalue weighted by molar-refractivity contribution is -0.123. The molecule has 3 aliphatic rings. The molecule has 0 unspecified atom stereocenters. The predicted molar refractivity (Wildman–Crippen MR) is 131 cm³/mol. The van der Waals surface area contributed by atoms with Crippen LogP contribution < -0.4 is 10.6 Å². The van der Waals surface area contributed by atoms with Gasteiger partial charge in [-0.3, -0.25) is 19.2 Å². The van der Waals surface area contributed by atoms with Gasteiger partial charge in [-0.05, 0) is 67.5 Å². The number of rotatable bonds is 5. The van der Waals surface area contributed by atoms with E-state index < -0.39 is 0 Å². The second kappa shape index (κ2) is 9.90. The third-order valence-corrected chi connectivity index (χ3v) is 7.32. The van der Waals surface area contributed by atoms with Crippen LogP contribution in [0.25, 0.3) is 0 Å². The molecule has 2 aliphatic heterocycles. The molecule has 5 rings (SSSR count). The fourth-order valence-electron chi connectivity index (χ4n) is 5.32. The van der Waals surface area contributed by atoms with Crippen LogP contribution in [0.4, 0.5) is 5.69 Å². The second-order valence-corrected chi connectivity index (χ2v) is 9.70. The molecule has 4 amide bonds. The molecule has 0 bridgehead atoms. The summed E-state index contributed by atoms with van der Waals surface area (Å²) in [7, 11) is 0. The second-order valence-electron chi connectivity index (χ2n) is 9.70. The highest BCUT2D eigenvalue weighted by atomic mass is 16.2. The van der Waals surface area contributed by atoms with Crippen molar-refractivity contribution in [1.82, 2.24) is 15.1 Å². The van der Waals surface area contributed by atoms with Crippen molar-refractivity contribution in [3.8, 4) is 0 Å². The van der Waals surface area contributed by atoms with E-state index in [4.69, 9.17) is 0 Å². The zero-order valence-electron chi connectivity index (χ0n) is 19.7. The molecule has 0 atom stereocenters. The Morgan fingerprint density at radius 1 is 0.943 bits per heavy atom. The number of hydrogen-bond acceptors (Lipinski definition) is 4. The Morgan fingerprint density at radius 3 is 2.40 bits per heavy atom. The van der Waals surface area contributed by atoms with E-state index in [-0.39, 0.29) is 36.1 Å². The fourth-order valence-corrected chi connectivity index (χ4v) is 5.32. The zero-order chi connectivity index (χ0) is 24.4. The van der Waals surface area contributed by atoms with Crippen LogP contribution in [0, 0.1) is 11.8 Å². The third-order valence-electron chi connectivity index (χ3n) is 7.32. The van der Waals surface area contributed by atoms with Crippen molar-refractivity contribution in [3.63, 3.8) is 0 Å². The van der Waals surface area contributed by atoms with E-state index in [2.05, 4.69) is 10.6 Å². The van der Waals surface area contributed by atoms with E-state index in [1.165, 1.54) is 4.90 Å². The number of carbonyl (C=O) groups excluding carboxylic acids is 4. The Morgan fingerprint density at radius 2 is 1.69 bits per heavy atom. The molecule has 35 heavy (non-hydrogen) atoms. The third kappa shape index (κ3) is 5.06. The number of anilines is 1. The summed E-state index contributed by atoms with van der Waals surface area (Å²) in [5.41, 5.74) is 3.07. The fraction of sp³-hybridized carbons (Fsp3) is 0.407. The van der Waals surface area contributed by atoms with Gasteiger partial charge in [-0.1, -0.05) is 18.2 Å². The van der Waals surface area contributed by atoms with Crippen LogP contribution in [-0.4, -0.2) is 59.6 Å². The summed E-state index contributed by atoms with van der Waals surface area (Å²) in [5.74, 6) is 0.146. The van der Waals surface area contributed by atoms with Gasteiger partial charge in [0.25, 0.3) is 11.8 Å². The van der Waals surface area contributed by atoms with E-state index in [1.807, 2.05) is 29.2 Å². The van der Waals surface area contributed by atoms with Crippen molar-refractivity contribution in [2.75, 3.05) is 31.5 Å². The largest absolute Gasteiger partial charge is 0.353 e. The van der Waals surface area contributed by atoms with E-state index >= 15 is 0 Å². The summed E-state index contributed by atoms with van der Waals surface area (Å²) < 4.78 is 0. The molecule has 0 radical (unpaired) electrons. The molecule has 2 heterocycles. The van der Waals surface area contributed by atoms with Crippen LogP contribution in [-0.2, 0) is 16.1 Å². The van der Waals surface area contributed by atoms with E-state index in [0.717, 1.165) is 43.4 Å². The van der Waals surface area contributed by atoms with Gasteiger partial charge in [-0.15, -0.1) is 0 Å². The van der Waals surface area contributed by atoms with Crippen LogP contribution in [0.15, 0.2) is 48.5 Å². The topological polar surface area (TPSA) is 98.8 Å². The number of amides is 4. The molecule has 2 aromatic carbocycles. The molecule has 1 saturated carbocycles. The first-order chi connectivity index (χ1) is 17.0. The highest BCUT2D eigenvalue weighted by Gasteiger charge is 2.32. The normalized spacial score (nSPS) is 21.9. The van der Waals surface area contributed by atoms with Crippen molar-refractivity contribution < 1.29 is 19.2 Å². The number of fused-ring (bicyclic) bond motifs is 1. The highest BCUT2D eigenvalue weighted by Crippen LogP contribution is 2.32. The Hall–Kier alpha value is -3.68. The van der Waals surface area contributed by atoms with Crippen molar-refractivity contribution in [1.29, 1.82) is 0 Å². The molecule has 182 valence electrons. The van der Waals surface area contributed by atoms with Crippen LogP contribution in [0.2, 0.25) is 0 Å². The standard InChI is InChI=1S/C27H30N4O4/c32-24-17-30(14-13-28-24)26(34)20-9-11-22(12-10-20)29-25(33)19-7-5-18(6-8-19)15-31-16-21-3-1-2-4-23(21)27(31)35/h1-4,9-12,18-19H,5-8,13-17H2,(H,28,32)(H,29,33). The number of nitrogens with zero attached hydrogens (tertiary/aromatic N) is 2. The van der Waals surface area contributed by atoms with Crippen molar-refractivity contribution in [2.45, 2.75) is 32.2 Å². The van der Waals surface area contributed by atoms with Crippen LogP contribution in [0.5, 0.6) is 0 Å². The Bertz CT molecular complexity index is 1140. The first-order valence-corrected chi connectivity index (χ1v) is 12.3. The minimum absolute atomic E-state index is 0.000109. The maximum absolute atomic E-state index is 12.8. The molecular weight excluding hydrogens is 444 g/mol. The van der Waals surface area contributed by atoms with E-state index in [9.17, 15) is 19.2 Å². The average Bonchev–Trinajstić information content (AvgIpc) is 3.19. The Labute approximate surface area is 204 Å². The summed E-state index contributed by atoms with van der Waals surface area (Å²) in [6, 6.07) is 14.6. The number of hydrogen-bond donors (Lipinski definition) is 2. The number of benzene rings is 2. The lowest BCUT2D eigenvalue weighted by atomic mass is 9.81. The maximum Gasteiger partial charge on any atom is 0.254 e. The van der Waals surface area contributed by atoms with Crippen molar-refractivity contribution in [2.24, 2.45) is 11.8 Å². The number of carbonyl (C=O) groups is 4. The molecule has 1 aliphatic carbocycles. The minimum Gasteiger partial charge on any atom is -0.353 e. The average molecular weight is 475 g/mol. The van der Waals surface area contributed by atoms with Gasteiger partial charge in [-0.2, -0.15) is 0 Å². The molecule has 2 N–H and O–H groups in total. The van der Waals surface area contributed by atoms with Crippen molar-refractivity contribution in [3.05, 3.63) is 65.2 Å². The lowest BCUT2D eigenvalue weighted by Crippen LogP contribution is -2.49. The van der Waals surface area contributed by atoms with Crippen LogP contribution >= 0.6 is 0 Å².